The van der Waals surface area contributed by atoms with Gasteiger partial charge in [0.15, 0.2) is 0 Å². The highest BCUT2D eigenvalue weighted by Gasteiger charge is 2.30. The van der Waals surface area contributed by atoms with Crippen molar-refractivity contribution in [3.05, 3.63) is 29.8 Å². The van der Waals surface area contributed by atoms with Crippen LogP contribution in [0.1, 0.15) is 18.4 Å². The highest BCUT2D eigenvalue weighted by Crippen LogP contribution is 2.30. The molecule has 0 aliphatic carbocycles. The van der Waals surface area contributed by atoms with Crippen molar-refractivity contribution in [3.8, 4) is 0 Å². The van der Waals surface area contributed by atoms with Crippen molar-refractivity contribution < 1.29 is 22.7 Å². The molecule has 0 aliphatic rings. The molecule has 0 atom stereocenters. The zero-order valence-electron chi connectivity index (χ0n) is 11.8. The number of benzene rings is 1. The van der Waals surface area contributed by atoms with E-state index in [1.165, 1.54) is 12.1 Å². The molecule has 0 bridgehead atoms. The van der Waals surface area contributed by atoms with Gasteiger partial charge in [-0.25, -0.2) is 0 Å². The van der Waals surface area contributed by atoms with E-state index in [9.17, 15) is 18.0 Å². The van der Waals surface area contributed by atoms with Crippen molar-refractivity contribution in [2.24, 2.45) is 0 Å². The Morgan fingerprint density at radius 2 is 2.05 bits per heavy atom. The summed E-state index contributed by atoms with van der Waals surface area (Å²) in [5, 5.41) is 5.50. The molecule has 1 aromatic carbocycles. The van der Waals surface area contributed by atoms with Gasteiger partial charge < -0.3 is 15.4 Å². The number of rotatable bonds is 8. The molecule has 0 spiro atoms. The predicted molar refractivity (Wildman–Crippen MR) is 74.1 cm³/mol. The largest absolute Gasteiger partial charge is 0.416 e. The molecule has 0 radical (unpaired) electrons. The smallest absolute Gasteiger partial charge is 0.385 e. The van der Waals surface area contributed by atoms with Crippen LogP contribution in [0.4, 0.5) is 18.9 Å². The third-order valence-electron chi connectivity index (χ3n) is 2.72. The number of carbonyl (C=O) groups excluding carboxylic acids is 1. The van der Waals surface area contributed by atoms with Gasteiger partial charge in [-0.1, -0.05) is 6.07 Å². The number of nitrogens with one attached hydrogen (secondary N) is 2. The summed E-state index contributed by atoms with van der Waals surface area (Å²) in [4.78, 5) is 11.5. The van der Waals surface area contributed by atoms with Gasteiger partial charge in [-0.2, -0.15) is 13.2 Å². The molecular weight excluding hydrogens is 285 g/mol. The summed E-state index contributed by atoms with van der Waals surface area (Å²) in [5.74, 6) is -0.148. The van der Waals surface area contributed by atoms with Crippen LogP contribution < -0.4 is 10.6 Å². The van der Waals surface area contributed by atoms with Gasteiger partial charge in [-0.3, -0.25) is 4.79 Å². The van der Waals surface area contributed by atoms with Gasteiger partial charge in [0.05, 0.1) is 5.56 Å². The van der Waals surface area contributed by atoms with Gasteiger partial charge >= 0.3 is 6.18 Å². The lowest BCUT2D eigenvalue weighted by Gasteiger charge is -2.10. The monoisotopic (exact) mass is 304 g/mol. The molecule has 0 saturated carbocycles. The molecule has 0 aromatic heterocycles. The summed E-state index contributed by atoms with van der Waals surface area (Å²) in [7, 11) is 1.58. The average Bonchev–Trinajstić information content (AvgIpc) is 2.43. The lowest BCUT2D eigenvalue weighted by Crippen LogP contribution is -2.26. The second-order valence-corrected chi connectivity index (χ2v) is 4.45. The van der Waals surface area contributed by atoms with E-state index in [2.05, 4.69) is 10.6 Å². The molecule has 0 unspecified atom stereocenters. The standard InChI is InChI=1S/C14H19F3N2O2/c1-21-9-3-7-19-13(20)6-8-18-12-5-2-4-11(10-12)14(15,16)17/h2,4-5,10,18H,3,6-9H2,1H3,(H,19,20). The minimum absolute atomic E-state index is 0.148. The predicted octanol–water partition coefficient (Wildman–Crippen LogP) is 2.66. The van der Waals surface area contributed by atoms with Crippen LogP contribution in [0.5, 0.6) is 0 Å². The van der Waals surface area contributed by atoms with E-state index >= 15 is 0 Å². The van der Waals surface area contributed by atoms with Crippen LogP contribution in [0.15, 0.2) is 24.3 Å². The fourth-order valence-electron chi connectivity index (χ4n) is 1.66. The van der Waals surface area contributed by atoms with Gasteiger partial charge in [0.1, 0.15) is 0 Å². The topological polar surface area (TPSA) is 50.4 Å². The minimum Gasteiger partial charge on any atom is -0.385 e. The lowest BCUT2D eigenvalue weighted by molar-refractivity contribution is -0.137. The van der Waals surface area contributed by atoms with Gasteiger partial charge in [0, 0.05) is 38.9 Å². The van der Waals surface area contributed by atoms with Crippen LogP contribution in [0.3, 0.4) is 0 Å². The Balaban J connectivity index is 2.31. The first-order valence-electron chi connectivity index (χ1n) is 6.60. The van der Waals surface area contributed by atoms with Crippen molar-refractivity contribution in [1.29, 1.82) is 0 Å². The first-order valence-corrected chi connectivity index (χ1v) is 6.60. The molecule has 0 saturated heterocycles. The zero-order valence-corrected chi connectivity index (χ0v) is 11.8. The molecule has 0 aliphatic heterocycles. The van der Waals surface area contributed by atoms with Crippen molar-refractivity contribution >= 4 is 11.6 Å². The Bertz CT molecular complexity index is 450. The molecule has 1 rings (SSSR count). The van der Waals surface area contributed by atoms with Gasteiger partial charge in [-0.15, -0.1) is 0 Å². The van der Waals surface area contributed by atoms with Crippen molar-refractivity contribution in [3.63, 3.8) is 0 Å². The molecule has 1 amide bonds. The van der Waals surface area contributed by atoms with E-state index in [1.54, 1.807) is 7.11 Å². The zero-order chi connectivity index (χ0) is 15.7. The maximum absolute atomic E-state index is 12.5. The lowest BCUT2D eigenvalue weighted by atomic mass is 10.2. The minimum atomic E-state index is -4.36. The maximum atomic E-state index is 12.5. The summed E-state index contributed by atoms with van der Waals surface area (Å²) in [6, 6.07) is 4.89. The number of anilines is 1. The number of alkyl halides is 3. The molecule has 0 heterocycles. The second-order valence-electron chi connectivity index (χ2n) is 4.45. The summed E-state index contributed by atoms with van der Waals surface area (Å²) in [6.07, 6.45) is -3.44. The number of carbonyl (C=O) groups is 1. The normalized spacial score (nSPS) is 11.2. The molecular formula is C14H19F3N2O2. The van der Waals surface area contributed by atoms with Crippen LogP contribution in [0.25, 0.3) is 0 Å². The fourth-order valence-corrected chi connectivity index (χ4v) is 1.66. The third kappa shape index (κ3) is 6.99. The summed E-state index contributed by atoms with van der Waals surface area (Å²) < 4.78 is 42.4. The molecule has 118 valence electrons. The Kier molecular flexibility index (Phi) is 7.01. The fraction of sp³-hybridized carbons (Fsp3) is 0.500. The second kappa shape index (κ2) is 8.51. The number of hydrogen-bond donors (Lipinski definition) is 2. The average molecular weight is 304 g/mol. The number of ether oxygens (including phenoxy) is 1. The van der Waals surface area contributed by atoms with E-state index in [0.717, 1.165) is 18.6 Å². The highest BCUT2D eigenvalue weighted by molar-refractivity contribution is 5.76. The Labute approximate surface area is 121 Å². The van der Waals surface area contributed by atoms with Crippen LogP contribution in [-0.4, -0.2) is 32.7 Å². The van der Waals surface area contributed by atoms with E-state index in [-0.39, 0.29) is 18.9 Å². The van der Waals surface area contributed by atoms with E-state index < -0.39 is 11.7 Å². The molecule has 2 N–H and O–H groups in total. The quantitative estimate of drug-likeness (QED) is 0.726. The van der Waals surface area contributed by atoms with Crippen LogP contribution in [0, 0.1) is 0 Å². The van der Waals surface area contributed by atoms with E-state index in [4.69, 9.17) is 4.74 Å². The highest BCUT2D eigenvalue weighted by atomic mass is 19.4. The summed E-state index contributed by atoms with van der Waals surface area (Å²) >= 11 is 0. The third-order valence-corrected chi connectivity index (χ3v) is 2.72. The maximum Gasteiger partial charge on any atom is 0.416 e. The van der Waals surface area contributed by atoms with Crippen molar-refractivity contribution in [2.75, 3.05) is 32.1 Å². The Morgan fingerprint density at radius 3 is 2.71 bits per heavy atom. The molecule has 7 heteroatoms. The molecule has 4 nitrogen and oxygen atoms in total. The number of halogens is 3. The Hall–Kier alpha value is -1.76. The van der Waals surface area contributed by atoms with Crippen LogP contribution in [-0.2, 0) is 15.7 Å². The molecule has 0 fully saturated rings. The summed E-state index contributed by atoms with van der Waals surface area (Å²) in [5.41, 5.74) is -0.367. The van der Waals surface area contributed by atoms with Crippen molar-refractivity contribution in [1.82, 2.24) is 5.32 Å². The van der Waals surface area contributed by atoms with Crippen molar-refractivity contribution in [2.45, 2.75) is 19.0 Å². The summed E-state index contributed by atoms with van der Waals surface area (Å²) in [6.45, 7) is 1.37. The van der Waals surface area contributed by atoms with Gasteiger partial charge in [0.2, 0.25) is 5.91 Å². The first-order chi connectivity index (χ1) is 9.93. The Morgan fingerprint density at radius 1 is 1.29 bits per heavy atom. The first kappa shape index (κ1) is 17.3. The van der Waals surface area contributed by atoms with Crippen LogP contribution >= 0.6 is 0 Å². The van der Waals surface area contributed by atoms with Gasteiger partial charge in [-0.05, 0) is 24.6 Å². The SMILES string of the molecule is COCCCNC(=O)CCNc1cccc(C(F)(F)F)c1. The van der Waals surface area contributed by atoms with Gasteiger partial charge in [0.25, 0.3) is 0 Å². The van der Waals surface area contributed by atoms with E-state index in [0.29, 0.717) is 18.8 Å². The number of hydrogen-bond acceptors (Lipinski definition) is 3. The van der Waals surface area contributed by atoms with Crippen LogP contribution in [0.2, 0.25) is 0 Å². The number of amides is 1. The van der Waals surface area contributed by atoms with E-state index in [1.807, 2.05) is 0 Å². The number of methoxy groups -OCH3 is 1. The molecule has 1 aromatic rings. The molecule has 21 heavy (non-hydrogen) atoms.